The second kappa shape index (κ2) is 7.31. The molecule has 4 atom stereocenters. The van der Waals surface area contributed by atoms with Crippen molar-refractivity contribution in [3.8, 4) is 0 Å². The third-order valence-electron chi connectivity index (χ3n) is 5.83. The van der Waals surface area contributed by atoms with Crippen LogP contribution >= 0.6 is 0 Å². The van der Waals surface area contributed by atoms with Gasteiger partial charge in [0.15, 0.2) is 11.9 Å². The van der Waals surface area contributed by atoms with Crippen LogP contribution in [0.5, 0.6) is 0 Å². The summed E-state index contributed by atoms with van der Waals surface area (Å²) in [5.41, 5.74) is 23.9. The molecule has 2 aliphatic rings. The molecule has 7 nitrogen and oxygen atoms in total. The van der Waals surface area contributed by atoms with Crippen molar-refractivity contribution < 1.29 is 4.42 Å². The van der Waals surface area contributed by atoms with Gasteiger partial charge in [-0.25, -0.2) is 9.98 Å². The van der Waals surface area contributed by atoms with E-state index in [1.807, 2.05) is 50.3 Å². The zero-order valence-electron chi connectivity index (χ0n) is 17.4. The molecule has 8 N–H and O–H groups in total. The average molecular weight is 395 g/mol. The number of rotatable bonds is 4. The fraction of sp³-hybridized carbons (Fsp3) is 0.364. The Balaban J connectivity index is 2.06. The lowest BCUT2D eigenvalue weighted by Gasteiger charge is -2.35. The third kappa shape index (κ3) is 3.60. The number of nitrogens with two attached hydrogens (primary N) is 4. The quantitative estimate of drug-likeness (QED) is 0.457. The number of hydrogen-bond acceptors (Lipinski definition) is 3. The molecule has 0 spiro atoms. The van der Waals surface area contributed by atoms with Crippen LogP contribution in [0.3, 0.4) is 0 Å². The maximum absolute atomic E-state index is 6.43. The molecular formula is C22H30N6O. The van der Waals surface area contributed by atoms with Gasteiger partial charge in [0.25, 0.3) is 0 Å². The highest BCUT2D eigenvalue weighted by Gasteiger charge is 2.43. The van der Waals surface area contributed by atoms with E-state index in [1.54, 1.807) is 0 Å². The number of hydrogen-bond donors (Lipinski definition) is 4. The van der Waals surface area contributed by atoms with Crippen molar-refractivity contribution in [2.45, 2.75) is 50.6 Å². The Hall–Kier alpha value is -3.22. The van der Waals surface area contributed by atoms with E-state index in [0.29, 0.717) is 0 Å². The van der Waals surface area contributed by atoms with Crippen molar-refractivity contribution in [1.82, 2.24) is 0 Å². The van der Waals surface area contributed by atoms with Gasteiger partial charge in [-0.3, -0.25) is 0 Å². The summed E-state index contributed by atoms with van der Waals surface area (Å²) in [6, 6.07) is 3.46. The van der Waals surface area contributed by atoms with Crippen LogP contribution in [-0.4, -0.2) is 24.0 Å². The predicted octanol–water partition coefficient (Wildman–Crippen LogP) is 2.11. The van der Waals surface area contributed by atoms with Gasteiger partial charge in [0.05, 0.1) is 22.9 Å². The van der Waals surface area contributed by atoms with Gasteiger partial charge < -0.3 is 27.4 Å². The van der Waals surface area contributed by atoms with E-state index in [9.17, 15) is 0 Å². The van der Waals surface area contributed by atoms with Crippen LogP contribution in [0.1, 0.15) is 39.2 Å². The molecule has 2 aliphatic carbocycles. The molecule has 4 unspecified atom stereocenters. The zero-order chi connectivity index (χ0) is 21.4. The Morgan fingerprint density at radius 3 is 1.52 bits per heavy atom. The Morgan fingerprint density at radius 2 is 1.17 bits per heavy atom. The first-order valence-electron chi connectivity index (χ1n) is 9.58. The zero-order valence-corrected chi connectivity index (χ0v) is 17.4. The highest BCUT2D eigenvalue weighted by Crippen LogP contribution is 2.43. The number of allylic oxidation sites excluding steroid dienone is 4. The van der Waals surface area contributed by atoms with Gasteiger partial charge in [0, 0.05) is 0 Å². The van der Waals surface area contributed by atoms with Crippen LogP contribution < -0.4 is 22.9 Å². The molecule has 0 saturated heterocycles. The van der Waals surface area contributed by atoms with Crippen molar-refractivity contribution in [2.24, 2.45) is 32.9 Å². The van der Waals surface area contributed by atoms with E-state index in [0.717, 1.165) is 22.7 Å². The second-order valence-corrected chi connectivity index (χ2v) is 8.18. The van der Waals surface area contributed by atoms with Crippen LogP contribution in [0.2, 0.25) is 0 Å². The molecule has 0 fully saturated rings. The lowest BCUT2D eigenvalue weighted by Crippen LogP contribution is -2.40. The fourth-order valence-corrected chi connectivity index (χ4v) is 4.23. The molecule has 1 aromatic rings. The van der Waals surface area contributed by atoms with Crippen molar-refractivity contribution in [3.05, 3.63) is 71.3 Å². The van der Waals surface area contributed by atoms with Gasteiger partial charge in [0.2, 0.25) is 0 Å². The summed E-state index contributed by atoms with van der Waals surface area (Å²) < 4.78 is 6.43. The maximum Gasteiger partial charge on any atom is 0.186 e. The molecule has 1 aromatic heterocycles. The molecule has 0 aliphatic heterocycles. The molecule has 0 saturated carbocycles. The molecule has 7 heteroatoms. The molecule has 154 valence electrons. The topological polar surface area (TPSA) is 142 Å². The lowest BCUT2D eigenvalue weighted by molar-refractivity contribution is 0.322. The van der Waals surface area contributed by atoms with E-state index < -0.39 is 10.8 Å². The standard InChI is InChI=1S/C22H30N6O/c1-13-7-5-11-21(3,17(13)27-19(23)24)15-9-10-16(29-15)22(4)12-6-8-14(2)18(22)28-20(25)26/h5-12,17-18H,1-4H3,(H4,23,24,27)(H4,25,26,28). The van der Waals surface area contributed by atoms with Crippen molar-refractivity contribution in [2.75, 3.05) is 0 Å². The fourth-order valence-electron chi connectivity index (χ4n) is 4.23. The van der Waals surface area contributed by atoms with Crippen LogP contribution in [0.15, 0.2) is 74.1 Å². The minimum Gasteiger partial charge on any atom is -0.464 e. The molecule has 3 rings (SSSR count). The first kappa shape index (κ1) is 20.5. The minimum atomic E-state index is -0.521. The Bertz CT molecular complexity index is 895. The van der Waals surface area contributed by atoms with E-state index in [2.05, 4.69) is 36.0 Å². The summed E-state index contributed by atoms with van der Waals surface area (Å²) >= 11 is 0. The highest BCUT2D eigenvalue weighted by atomic mass is 16.3. The molecule has 29 heavy (non-hydrogen) atoms. The van der Waals surface area contributed by atoms with Gasteiger partial charge in [-0.1, -0.05) is 36.5 Å². The summed E-state index contributed by atoms with van der Waals surface area (Å²) in [6.07, 6.45) is 12.2. The molecule has 0 amide bonds. The molecule has 1 heterocycles. The molecule has 0 bridgehead atoms. The Labute approximate surface area is 171 Å². The summed E-state index contributed by atoms with van der Waals surface area (Å²) in [7, 11) is 0. The van der Waals surface area contributed by atoms with Gasteiger partial charge in [-0.2, -0.15) is 0 Å². The number of nitrogens with zero attached hydrogens (tertiary/aromatic N) is 2. The number of guanidine groups is 2. The first-order chi connectivity index (χ1) is 13.6. The predicted molar refractivity (Wildman–Crippen MR) is 118 cm³/mol. The largest absolute Gasteiger partial charge is 0.464 e. The summed E-state index contributed by atoms with van der Waals surface area (Å²) in [5, 5.41) is 0. The van der Waals surface area contributed by atoms with Crippen LogP contribution in [0.25, 0.3) is 0 Å². The van der Waals surface area contributed by atoms with E-state index in [-0.39, 0.29) is 24.0 Å². The van der Waals surface area contributed by atoms with Crippen molar-refractivity contribution in [1.29, 1.82) is 0 Å². The van der Waals surface area contributed by atoms with Crippen LogP contribution in [0.4, 0.5) is 0 Å². The van der Waals surface area contributed by atoms with Gasteiger partial charge in [0.1, 0.15) is 11.5 Å². The van der Waals surface area contributed by atoms with Gasteiger partial charge >= 0.3 is 0 Å². The van der Waals surface area contributed by atoms with E-state index >= 15 is 0 Å². The smallest absolute Gasteiger partial charge is 0.186 e. The second-order valence-electron chi connectivity index (χ2n) is 8.18. The maximum atomic E-state index is 6.43. The van der Waals surface area contributed by atoms with E-state index in [4.69, 9.17) is 27.4 Å². The lowest BCUT2D eigenvalue weighted by atomic mass is 9.74. The molecular weight excluding hydrogens is 364 g/mol. The Morgan fingerprint density at radius 1 is 0.793 bits per heavy atom. The molecule has 0 aromatic carbocycles. The number of aliphatic imine (C=N–C) groups is 2. The van der Waals surface area contributed by atoms with E-state index in [1.165, 1.54) is 0 Å². The minimum absolute atomic E-state index is 0.0480. The van der Waals surface area contributed by atoms with Gasteiger partial charge in [-0.15, -0.1) is 0 Å². The Kier molecular flexibility index (Phi) is 5.17. The monoisotopic (exact) mass is 394 g/mol. The summed E-state index contributed by atoms with van der Waals surface area (Å²) in [6.45, 7) is 8.16. The summed E-state index contributed by atoms with van der Waals surface area (Å²) in [4.78, 5) is 8.93. The SMILES string of the molecule is CC1=CC=CC(C)(c2ccc(C3(C)C=CC=C(C)C3N=C(N)N)o2)C1N=C(N)N. The average Bonchev–Trinajstić information content (AvgIpc) is 3.13. The normalized spacial score (nSPS) is 31.0. The van der Waals surface area contributed by atoms with Gasteiger partial charge in [-0.05, 0) is 51.0 Å². The van der Waals surface area contributed by atoms with Crippen LogP contribution in [0, 0.1) is 0 Å². The summed E-state index contributed by atoms with van der Waals surface area (Å²) in [5.74, 6) is 1.64. The third-order valence-corrected chi connectivity index (χ3v) is 5.83. The molecule has 0 radical (unpaired) electrons. The highest BCUT2D eigenvalue weighted by molar-refractivity contribution is 5.77. The van der Waals surface area contributed by atoms with Crippen molar-refractivity contribution >= 4 is 11.9 Å². The first-order valence-corrected chi connectivity index (χ1v) is 9.58. The van der Waals surface area contributed by atoms with Crippen molar-refractivity contribution in [3.63, 3.8) is 0 Å². The number of furan rings is 1. The van der Waals surface area contributed by atoms with Crippen LogP contribution in [-0.2, 0) is 10.8 Å².